The zero-order chi connectivity index (χ0) is 11.4. The number of hydrogen-bond acceptors (Lipinski definition) is 2. The lowest BCUT2D eigenvalue weighted by Gasteiger charge is -2.02. The van der Waals surface area contributed by atoms with E-state index in [4.69, 9.17) is 4.74 Å². The molecule has 0 heterocycles. The molecule has 0 aromatic rings. The van der Waals surface area contributed by atoms with E-state index < -0.39 is 0 Å². The number of hydrogen-bond donors (Lipinski definition) is 0. The van der Waals surface area contributed by atoms with Crippen LogP contribution in [-0.2, 0) is 9.53 Å². The van der Waals surface area contributed by atoms with Crippen LogP contribution in [0.3, 0.4) is 0 Å². The lowest BCUT2D eigenvalue weighted by atomic mass is 10.1. The summed E-state index contributed by atoms with van der Waals surface area (Å²) in [6, 6.07) is 0. The second-order valence-electron chi connectivity index (χ2n) is 3.76. The van der Waals surface area contributed by atoms with Gasteiger partial charge in [-0.1, -0.05) is 47.0 Å². The normalized spacial score (nSPS) is 9.29. The van der Waals surface area contributed by atoms with E-state index in [0.717, 1.165) is 0 Å². The number of unbranched alkanes of at least 4 members (excludes halogenated alkanes) is 2. The molecule has 0 N–H and O–H groups in total. The summed E-state index contributed by atoms with van der Waals surface area (Å²) in [7, 11) is 0. The lowest BCUT2D eigenvalue weighted by molar-refractivity contribution is -0.143. The quantitative estimate of drug-likeness (QED) is 0.634. The highest BCUT2D eigenvalue weighted by Gasteiger charge is 2.03. The number of ether oxygens (including phenoxy) is 1. The van der Waals surface area contributed by atoms with Gasteiger partial charge in [-0.15, -0.1) is 0 Å². The molecule has 0 unspecified atom stereocenters. The molecule has 0 fully saturated rings. The van der Waals surface area contributed by atoms with Gasteiger partial charge in [0.2, 0.25) is 0 Å². The largest absolute Gasteiger partial charge is 0.466 e. The Balaban J connectivity index is 0. The maximum absolute atomic E-state index is 10.6. The van der Waals surface area contributed by atoms with Crippen molar-refractivity contribution in [1.29, 1.82) is 0 Å². The molecule has 0 rings (SSSR count). The fourth-order valence-electron chi connectivity index (χ4n) is 0.907. The Morgan fingerprint density at radius 1 is 1.14 bits per heavy atom. The van der Waals surface area contributed by atoms with Crippen LogP contribution < -0.4 is 0 Å². The van der Waals surface area contributed by atoms with Crippen molar-refractivity contribution < 1.29 is 9.53 Å². The van der Waals surface area contributed by atoms with Gasteiger partial charge in [0.25, 0.3) is 0 Å². The fraction of sp³-hybridized carbons (Fsp3) is 0.917. The SMILES string of the molecule is CCCCC.CCOC(=O)CC(C)C. The molecule has 0 bridgehead atoms. The first-order valence-corrected chi connectivity index (χ1v) is 5.73. The molecule has 2 heteroatoms. The molecule has 14 heavy (non-hydrogen) atoms. The first kappa shape index (κ1) is 15.9. The van der Waals surface area contributed by atoms with Crippen LogP contribution in [-0.4, -0.2) is 12.6 Å². The highest BCUT2D eigenvalue weighted by Crippen LogP contribution is 1.99. The maximum Gasteiger partial charge on any atom is 0.306 e. The zero-order valence-electron chi connectivity index (χ0n) is 10.4. The molecule has 0 radical (unpaired) electrons. The zero-order valence-corrected chi connectivity index (χ0v) is 10.4. The minimum absolute atomic E-state index is 0.0903. The third kappa shape index (κ3) is 17.5. The van der Waals surface area contributed by atoms with E-state index in [1.54, 1.807) is 0 Å². The van der Waals surface area contributed by atoms with Crippen LogP contribution >= 0.6 is 0 Å². The highest BCUT2D eigenvalue weighted by atomic mass is 16.5. The third-order valence-corrected chi connectivity index (χ3v) is 1.59. The summed E-state index contributed by atoms with van der Waals surface area (Å²) in [6.07, 6.45) is 4.61. The smallest absolute Gasteiger partial charge is 0.306 e. The van der Waals surface area contributed by atoms with Gasteiger partial charge in [-0.2, -0.15) is 0 Å². The summed E-state index contributed by atoms with van der Waals surface area (Å²) < 4.78 is 4.71. The van der Waals surface area contributed by atoms with Gasteiger partial charge >= 0.3 is 5.97 Å². The molecule has 0 aliphatic carbocycles. The van der Waals surface area contributed by atoms with Gasteiger partial charge in [0.15, 0.2) is 0 Å². The second kappa shape index (κ2) is 12.5. The lowest BCUT2D eigenvalue weighted by Crippen LogP contribution is -2.06. The predicted octanol–water partition coefficient (Wildman–Crippen LogP) is 3.79. The first-order valence-electron chi connectivity index (χ1n) is 5.73. The Hall–Kier alpha value is -0.530. The monoisotopic (exact) mass is 202 g/mol. The average Bonchev–Trinajstić information content (AvgIpc) is 2.05. The fourth-order valence-corrected chi connectivity index (χ4v) is 0.907. The van der Waals surface area contributed by atoms with Crippen molar-refractivity contribution in [3.05, 3.63) is 0 Å². The van der Waals surface area contributed by atoms with Crippen LogP contribution in [0.4, 0.5) is 0 Å². The third-order valence-electron chi connectivity index (χ3n) is 1.59. The van der Waals surface area contributed by atoms with Gasteiger partial charge in [-0.05, 0) is 12.8 Å². The summed E-state index contributed by atoms with van der Waals surface area (Å²) in [5.74, 6) is 0.316. The molecule has 86 valence electrons. The Bertz CT molecular complexity index is 117. The van der Waals surface area contributed by atoms with E-state index in [1.807, 2.05) is 20.8 Å². The van der Waals surface area contributed by atoms with Gasteiger partial charge in [0.05, 0.1) is 6.61 Å². The van der Waals surface area contributed by atoms with Crippen LogP contribution in [0.15, 0.2) is 0 Å². The Morgan fingerprint density at radius 2 is 1.64 bits per heavy atom. The molecule has 0 spiro atoms. The van der Waals surface area contributed by atoms with Gasteiger partial charge in [0, 0.05) is 6.42 Å². The summed E-state index contributed by atoms with van der Waals surface area (Å²) in [5.41, 5.74) is 0. The topological polar surface area (TPSA) is 26.3 Å². The van der Waals surface area contributed by atoms with Crippen molar-refractivity contribution in [2.45, 2.75) is 60.3 Å². The average molecular weight is 202 g/mol. The Labute approximate surface area is 89.0 Å². The number of rotatable bonds is 5. The van der Waals surface area contributed by atoms with E-state index in [2.05, 4.69) is 13.8 Å². The number of carbonyl (C=O) groups is 1. The molecule has 0 amide bonds. The molecule has 0 aromatic carbocycles. The van der Waals surface area contributed by atoms with E-state index >= 15 is 0 Å². The van der Waals surface area contributed by atoms with Crippen molar-refractivity contribution in [3.8, 4) is 0 Å². The molecule has 2 nitrogen and oxygen atoms in total. The molecule has 0 saturated heterocycles. The van der Waals surface area contributed by atoms with Gasteiger partial charge in [-0.3, -0.25) is 4.79 Å². The molecular formula is C12H26O2. The van der Waals surface area contributed by atoms with E-state index in [9.17, 15) is 4.79 Å². The number of carbonyl (C=O) groups excluding carboxylic acids is 1. The first-order chi connectivity index (χ1) is 6.58. The van der Waals surface area contributed by atoms with Gasteiger partial charge in [-0.25, -0.2) is 0 Å². The van der Waals surface area contributed by atoms with Crippen LogP contribution in [0.5, 0.6) is 0 Å². The number of esters is 1. The Kier molecular flexibility index (Phi) is 14.2. The molecular weight excluding hydrogens is 176 g/mol. The standard InChI is InChI=1S/C7H14O2.C5H12/c1-4-9-7(8)5-6(2)3;1-3-5-4-2/h6H,4-5H2,1-3H3;3-5H2,1-2H3. The van der Waals surface area contributed by atoms with Crippen molar-refractivity contribution in [1.82, 2.24) is 0 Å². The van der Waals surface area contributed by atoms with Crippen LogP contribution in [0.25, 0.3) is 0 Å². The van der Waals surface area contributed by atoms with Crippen LogP contribution in [0, 0.1) is 5.92 Å². The second-order valence-corrected chi connectivity index (χ2v) is 3.76. The minimum atomic E-state index is -0.0903. The maximum atomic E-state index is 10.6. The van der Waals surface area contributed by atoms with Crippen molar-refractivity contribution in [3.63, 3.8) is 0 Å². The summed E-state index contributed by atoms with van der Waals surface area (Å²) >= 11 is 0. The van der Waals surface area contributed by atoms with Crippen molar-refractivity contribution in [2.24, 2.45) is 5.92 Å². The van der Waals surface area contributed by atoms with E-state index in [1.165, 1.54) is 19.3 Å². The molecule has 0 saturated carbocycles. The minimum Gasteiger partial charge on any atom is -0.466 e. The summed E-state index contributed by atoms with van der Waals surface area (Å²) in [6.45, 7) is 10.7. The highest BCUT2D eigenvalue weighted by molar-refractivity contribution is 5.69. The van der Waals surface area contributed by atoms with Crippen LogP contribution in [0.2, 0.25) is 0 Å². The van der Waals surface area contributed by atoms with Crippen molar-refractivity contribution in [2.75, 3.05) is 6.61 Å². The van der Waals surface area contributed by atoms with E-state index in [-0.39, 0.29) is 5.97 Å². The van der Waals surface area contributed by atoms with Gasteiger partial charge in [0.1, 0.15) is 0 Å². The van der Waals surface area contributed by atoms with E-state index in [0.29, 0.717) is 18.9 Å². The molecule has 0 atom stereocenters. The molecule has 0 aromatic heterocycles. The molecule has 0 aliphatic rings. The van der Waals surface area contributed by atoms with Crippen molar-refractivity contribution >= 4 is 5.97 Å². The van der Waals surface area contributed by atoms with Gasteiger partial charge < -0.3 is 4.74 Å². The summed E-state index contributed by atoms with van der Waals surface area (Å²) in [4.78, 5) is 10.6. The predicted molar refractivity (Wildman–Crippen MR) is 61.3 cm³/mol. The Morgan fingerprint density at radius 3 is 1.86 bits per heavy atom. The van der Waals surface area contributed by atoms with Crippen LogP contribution in [0.1, 0.15) is 60.3 Å². The summed E-state index contributed by atoms with van der Waals surface area (Å²) in [5, 5.41) is 0. The molecule has 0 aliphatic heterocycles.